The summed E-state index contributed by atoms with van der Waals surface area (Å²) in [4.78, 5) is 12.7. The molecule has 0 radical (unpaired) electrons. The lowest BCUT2D eigenvalue weighted by Gasteiger charge is -2.20. The first-order valence-electron chi connectivity index (χ1n) is 8.57. The van der Waals surface area contributed by atoms with Crippen LogP contribution in [0.4, 0.5) is 24.5 Å². The second kappa shape index (κ2) is 8.33. The van der Waals surface area contributed by atoms with E-state index < -0.39 is 11.3 Å². The number of nitrogens with zero attached hydrogens (tertiary/aromatic N) is 2. The lowest BCUT2D eigenvalue weighted by molar-refractivity contribution is -0.384. The van der Waals surface area contributed by atoms with Gasteiger partial charge in [0.1, 0.15) is 5.75 Å². The Morgan fingerprint density at radius 1 is 1.25 bits per heavy atom. The molecule has 150 valence electrons. The predicted octanol–water partition coefficient (Wildman–Crippen LogP) is 6.22. The molecule has 0 fully saturated rings. The fourth-order valence-electron chi connectivity index (χ4n) is 2.78. The van der Waals surface area contributed by atoms with E-state index in [1.54, 1.807) is 7.05 Å². The summed E-state index contributed by atoms with van der Waals surface area (Å²) in [5.74, 6) is -0.349. The molecule has 0 aliphatic heterocycles. The Bertz CT molecular complexity index is 891. The number of allylic oxidation sites excluding steroid dienone is 1. The van der Waals surface area contributed by atoms with Gasteiger partial charge < -0.3 is 9.64 Å². The monoisotopic (exact) mass is 394 g/mol. The first kappa shape index (κ1) is 21.3. The molecule has 0 heterocycles. The highest BCUT2D eigenvalue weighted by molar-refractivity contribution is 5.78. The highest BCUT2D eigenvalue weighted by atomic mass is 19.4. The van der Waals surface area contributed by atoms with Gasteiger partial charge in [0.2, 0.25) is 0 Å². The summed E-state index contributed by atoms with van der Waals surface area (Å²) in [6, 6.07) is 8.17. The van der Waals surface area contributed by atoms with E-state index in [4.69, 9.17) is 0 Å². The van der Waals surface area contributed by atoms with Crippen molar-refractivity contribution in [2.24, 2.45) is 0 Å². The van der Waals surface area contributed by atoms with E-state index in [0.717, 1.165) is 17.6 Å². The summed E-state index contributed by atoms with van der Waals surface area (Å²) in [5.41, 5.74) is 3.55. The first-order valence-corrected chi connectivity index (χ1v) is 8.57. The van der Waals surface area contributed by atoms with Gasteiger partial charge in [0.15, 0.2) is 0 Å². The number of alkyl halides is 3. The molecule has 0 bridgehead atoms. The molecule has 2 aromatic carbocycles. The third kappa shape index (κ3) is 5.25. The minimum atomic E-state index is -4.78. The normalized spacial score (nSPS) is 12.0. The van der Waals surface area contributed by atoms with E-state index in [2.05, 4.69) is 4.74 Å². The van der Waals surface area contributed by atoms with E-state index >= 15 is 0 Å². The Morgan fingerprint density at radius 3 is 2.36 bits per heavy atom. The zero-order valence-corrected chi connectivity index (χ0v) is 16.0. The predicted molar refractivity (Wildman–Crippen MR) is 102 cm³/mol. The van der Waals surface area contributed by atoms with E-state index in [1.807, 2.05) is 31.9 Å². The van der Waals surface area contributed by atoms with Gasteiger partial charge in [-0.1, -0.05) is 24.6 Å². The highest BCUT2D eigenvalue weighted by Crippen LogP contribution is 2.36. The zero-order valence-electron chi connectivity index (χ0n) is 16.0. The third-order valence-corrected chi connectivity index (χ3v) is 4.33. The van der Waals surface area contributed by atoms with Crippen LogP contribution in [-0.2, 0) is 0 Å². The van der Waals surface area contributed by atoms with Gasteiger partial charge in [0, 0.05) is 25.4 Å². The minimum absolute atomic E-state index is 0.0966. The standard InChI is InChI=1S/C20H21F3N2O3/c1-5-13(2)12-24(4)19-11-16(25(26)27)10-18(14(19)3)15-6-8-17(9-7-15)28-20(21,22)23/h6-12H,5H2,1-4H3/b13-12+. The van der Waals surface area contributed by atoms with Gasteiger partial charge in [0.25, 0.3) is 5.69 Å². The average molecular weight is 394 g/mol. The number of rotatable bonds is 6. The fraction of sp³-hybridized carbons (Fsp3) is 0.300. The van der Waals surface area contributed by atoms with Gasteiger partial charge in [-0.05, 0) is 49.1 Å². The smallest absolute Gasteiger partial charge is 0.406 e. The number of hydrogen-bond donors (Lipinski definition) is 0. The van der Waals surface area contributed by atoms with Gasteiger partial charge >= 0.3 is 6.36 Å². The van der Waals surface area contributed by atoms with E-state index in [0.29, 0.717) is 16.8 Å². The molecule has 0 saturated carbocycles. The van der Waals surface area contributed by atoms with Crippen molar-refractivity contribution >= 4 is 11.4 Å². The molecule has 0 unspecified atom stereocenters. The van der Waals surface area contributed by atoms with Crippen molar-refractivity contribution < 1.29 is 22.8 Å². The molecule has 0 amide bonds. The van der Waals surface area contributed by atoms with Crippen LogP contribution in [0.5, 0.6) is 5.75 Å². The summed E-state index contributed by atoms with van der Waals surface area (Å²) >= 11 is 0. The van der Waals surface area contributed by atoms with Crippen LogP contribution >= 0.6 is 0 Å². The molecule has 0 saturated heterocycles. The molecule has 0 aliphatic rings. The Hall–Kier alpha value is -3.03. The van der Waals surface area contributed by atoms with Gasteiger partial charge in [-0.3, -0.25) is 10.1 Å². The Balaban J connectivity index is 2.53. The van der Waals surface area contributed by atoms with Crippen molar-refractivity contribution in [1.29, 1.82) is 0 Å². The molecule has 0 N–H and O–H groups in total. The zero-order chi connectivity index (χ0) is 21.1. The number of nitro groups is 1. The van der Waals surface area contributed by atoms with Crippen LogP contribution < -0.4 is 9.64 Å². The molecule has 0 aliphatic carbocycles. The maximum absolute atomic E-state index is 12.3. The fourth-order valence-corrected chi connectivity index (χ4v) is 2.78. The molecule has 0 spiro atoms. The molecule has 28 heavy (non-hydrogen) atoms. The molecular formula is C20H21F3N2O3. The van der Waals surface area contributed by atoms with E-state index in [9.17, 15) is 23.3 Å². The minimum Gasteiger partial charge on any atom is -0.406 e. The third-order valence-electron chi connectivity index (χ3n) is 4.33. The number of anilines is 1. The van der Waals surface area contributed by atoms with Gasteiger partial charge in [-0.2, -0.15) is 0 Å². The molecule has 0 atom stereocenters. The van der Waals surface area contributed by atoms with Crippen LogP contribution in [0, 0.1) is 17.0 Å². The second-order valence-electron chi connectivity index (χ2n) is 6.41. The topological polar surface area (TPSA) is 55.6 Å². The summed E-state index contributed by atoms with van der Waals surface area (Å²) in [5, 5.41) is 11.4. The summed E-state index contributed by atoms with van der Waals surface area (Å²) in [6.45, 7) is 5.79. The molecule has 8 heteroatoms. The lowest BCUT2D eigenvalue weighted by Crippen LogP contribution is -2.16. The number of nitro benzene ring substituents is 1. The first-order chi connectivity index (χ1) is 13.0. The number of non-ortho nitro benzene ring substituents is 1. The Labute approximate surface area is 161 Å². The molecule has 2 aromatic rings. The number of ether oxygens (including phenoxy) is 1. The SMILES string of the molecule is CC/C(C)=C/N(C)c1cc([N+](=O)[O-])cc(-c2ccc(OC(F)(F)F)cc2)c1C. The highest BCUT2D eigenvalue weighted by Gasteiger charge is 2.31. The Morgan fingerprint density at radius 2 is 1.86 bits per heavy atom. The van der Waals surface area contributed by atoms with Gasteiger partial charge in [-0.25, -0.2) is 0 Å². The molecule has 0 aromatic heterocycles. The van der Waals surface area contributed by atoms with Crippen molar-refractivity contribution in [2.45, 2.75) is 33.6 Å². The average Bonchev–Trinajstić information content (AvgIpc) is 2.61. The van der Waals surface area contributed by atoms with Crippen LogP contribution in [0.25, 0.3) is 11.1 Å². The maximum atomic E-state index is 12.3. The van der Waals surface area contributed by atoms with Crippen LogP contribution in [-0.4, -0.2) is 18.3 Å². The van der Waals surface area contributed by atoms with Gasteiger partial charge in [-0.15, -0.1) is 13.2 Å². The van der Waals surface area contributed by atoms with Crippen LogP contribution in [0.2, 0.25) is 0 Å². The van der Waals surface area contributed by atoms with E-state index in [-0.39, 0.29) is 11.4 Å². The van der Waals surface area contributed by atoms with E-state index in [1.165, 1.54) is 36.4 Å². The second-order valence-corrected chi connectivity index (χ2v) is 6.41. The van der Waals surface area contributed by atoms with Crippen LogP contribution in [0.15, 0.2) is 48.2 Å². The quantitative estimate of drug-likeness (QED) is 0.431. The largest absolute Gasteiger partial charge is 0.573 e. The van der Waals surface area contributed by atoms with Crippen molar-refractivity contribution in [1.82, 2.24) is 0 Å². The number of hydrogen-bond acceptors (Lipinski definition) is 4. The van der Waals surface area contributed by atoms with Crippen LogP contribution in [0.3, 0.4) is 0 Å². The summed E-state index contributed by atoms with van der Waals surface area (Å²) in [7, 11) is 1.80. The summed E-state index contributed by atoms with van der Waals surface area (Å²) in [6.07, 6.45) is -2.04. The van der Waals surface area contributed by atoms with Crippen molar-refractivity contribution in [2.75, 3.05) is 11.9 Å². The van der Waals surface area contributed by atoms with Crippen molar-refractivity contribution in [3.8, 4) is 16.9 Å². The number of benzene rings is 2. The number of halogens is 3. The van der Waals surface area contributed by atoms with Crippen molar-refractivity contribution in [3.05, 3.63) is 63.8 Å². The maximum Gasteiger partial charge on any atom is 0.573 e. The molecule has 5 nitrogen and oxygen atoms in total. The van der Waals surface area contributed by atoms with Gasteiger partial charge in [0.05, 0.1) is 10.6 Å². The Kier molecular flexibility index (Phi) is 6.33. The summed E-state index contributed by atoms with van der Waals surface area (Å²) < 4.78 is 40.9. The molecular weight excluding hydrogens is 373 g/mol. The van der Waals surface area contributed by atoms with Crippen LogP contribution in [0.1, 0.15) is 25.8 Å². The lowest BCUT2D eigenvalue weighted by atomic mass is 9.97. The van der Waals surface area contributed by atoms with Crippen molar-refractivity contribution in [3.63, 3.8) is 0 Å². The molecule has 2 rings (SSSR count).